The molecule has 0 aliphatic carbocycles. The Morgan fingerprint density at radius 3 is 2.50 bits per heavy atom. The minimum atomic E-state index is -0.388. The van der Waals surface area contributed by atoms with Crippen LogP contribution in [0.15, 0.2) is 30.6 Å². The summed E-state index contributed by atoms with van der Waals surface area (Å²) < 4.78 is 10.4. The predicted octanol–water partition coefficient (Wildman–Crippen LogP) is 3.13. The van der Waals surface area contributed by atoms with Crippen LogP contribution in [0.3, 0.4) is 0 Å². The highest BCUT2D eigenvalue weighted by molar-refractivity contribution is 5.99. The maximum absolute atomic E-state index is 12.3. The number of aromatic nitrogens is 2. The van der Waals surface area contributed by atoms with E-state index in [2.05, 4.69) is 25.5 Å². The first-order valence-electron chi connectivity index (χ1n) is 8.56. The van der Waals surface area contributed by atoms with Crippen molar-refractivity contribution in [1.82, 2.24) is 9.97 Å². The number of hydrogen-bond donors (Lipinski definition) is 2. The maximum atomic E-state index is 12.3. The van der Waals surface area contributed by atoms with Gasteiger partial charge in [0, 0.05) is 30.9 Å². The molecule has 1 aliphatic heterocycles. The lowest BCUT2D eigenvalue weighted by Gasteiger charge is -2.27. The summed E-state index contributed by atoms with van der Waals surface area (Å²) in [6, 6.07) is 6.56. The summed E-state index contributed by atoms with van der Waals surface area (Å²) in [5, 5.41) is 5.49. The van der Waals surface area contributed by atoms with Crippen LogP contribution in [-0.4, -0.2) is 43.3 Å². The van der Waals surface area contributed by atoms with Crippen LogP contribution in [-0.2, 0) is 0 Å². The number of hydrogen-bond acceptors (Lipinski definition) is 6. The second-order valence-corrected chi connectivity index (χ2v) is 5.96. The summed E-state index contributed by atoms with van der Waals surface area (Å²) in [6.45, 7) is 1.96. The molecule has 26 heavy (non-hydrogen) atoms. The first-order valence-corrected chi connectivity index (χ1v) is 8.56. The van der Waals surface area contributed by atoms with Crippen molar-refractivity contribution in [1.29, 1.82) is 0 Å². The Balaban J connectivity index is 1.64. The molecule has 0 radical (unpaired) electrons. The molecule has 2 aromatic rings. The lowest BCUT2D eigenvalue weighted by Crippen LogP contribution is -2.30. The van der Waals surface area contributed by atoms with E-state index in [-0.39, 0.29) is 6.03 Å². The summed E-state index contributed by atoms with van der Waals surface area (Å²) in [4.78, 5) is 22.9. The Morgan fingerprint density at radius 1 is 1.00 bits per heavy atom. The topological polar surface area (TPSA) is 88.6 Å². The van der Waals surface area contributed by atoms with Crippen LogP contribution in [0, 0.1) is 0 Å². The summed E-state index contributed by atoms with van der Waals surface area (Å²) >= 11 is 0. The molecular formula is C18H23N5O3. The van der Waals surface area contributed by atoms with Gasteiger partial charge in [0.15, 0.2) is 11.5 Å². The van der Waals surface area contributed by atoms with Gasteiger partial charge in [0.25, 0.3) is 0 Å². The van der Waals surface area contributed by atoms with Crippen molar-refractivity contribution in [3.8, 4) is 11.5 Å². The molecule has 2 amide bonds. The Morgan fingerprint density at radius 2 is 1.77 bits per heavy atom. The lowest BCUT2D eigenvalue weighted by atomic mass is 10.1. The summed E-state index contributed by atoms with van der Waals surface area (Å²) in [6.07, 6.45) is 5.04. The predicted molar refractivity (Wildman–Crippen MR) is 100 cm³/mol. The van der Waals surface area contributed by atoms with Crippen molar-refractivity contribution >= 4 is 23.4 Å². The number of benzene rings is 1. The molecule has 1 saturated heterocycles. The lowest BCUT2D eigenvalue weighted by molar-refractivity contribution is 0.262. The zero-order chi connectivity index (χ0) is 18.4. The van der Waals surface area contributed by atoms with Gasteiger partial charge in [0.1, 0.15) is 18.0 Å². The van der Waals surface area contributed by atoms with Gasteiger partial charge in [-0.2, -0.15) is 0 Å². The van der Waals surface area contributed by atoms with Crippen LogP contribution in [0.5, 0.6) is 11.5 Å². The molecule has 0 saturated carbocycles. The van der Waals surface area contributed by atoms with E-state index in [4.69, 9.17) is 9.47 Å². The normalized spacial score (nSPS) is 13.8. The van der Waals surface area contributed by atoms with Crippen LogP contribution in [0.25, 0.3) is 0 Å². The van der Waals surface area contributed by atoms with Gasteiger partial charge < -0.3 is 19.7 Å². The molecular weight excluding hydrogens is 334 g/mol. The fraction of sp³-hybridized carbons (Fsp3) is 0.389. The Labute approximate surface area is 152 Å². The van der Waals surface area contributed by atoms with E-state index in [1.54, 1.807) is 38.5 Å². The van der Waals surface area contributed by atoms with E-state index < -0.39 is 0 Å². The van der Waals surface area contributed by atoms with E-state index in [1.165, 1.54) is 12.7 Å². The van der Waals surface area contributed by atoms with E-state index in [1.807, 2.05) is 0 Å². The molecule has 2 heterocycles. The van der Waals surface area contributed by atoms with Crippen molar-refractivity contribution in [2.75, 3.05) is 42.8 Å². The smallest absolute Gasteiger partial charge is 0.324 e. The van der Waals surface area contributed by atoms with Crippen LogP contribution in [0.1, 0.15) is 19.3 Å². The molecule has 0 atom stereocenters. The first-order chi connectivity index (χ1) is 12.7. The molecule has 1 aliphatic rings. The second-order valence-electron chi connectivity index (χ2n) is 5.96. The second kappa shape index (κ2) is 8.37. The van der Waals surface area contributed by atoms with E-state index >= 15 is 0 Å². The summed E-state index contributed by atoms with van der Waals surface area (Å²) in [5.41, 5.74) is 0.588. The van der Waals surface area contributed by atoms with Crippen molar-refractivity contribution in [3.63, 3.8) is 0 Å². The van der Waals surface area contributed by atoms with Crippen LogP contribution in [0.4, 0.5) is 22.1 Å². The molecule has 3 rings (SSSR count). The monoisotopic (exact) mass is 357 g/mol. The zero-order valence-corrected chi connectivity index (χ0v) is 15.0. The van der Waals surface area contributed by atoms with Gasteiger partial charge >= 0.3 is 6.03 Å². The van der Waals surface area contributed by atoms with Crippen LogP contribution >= 0.6 is 0 Å². The number of methoxy groups -OCH3 is 2. The summed E-state index contributed by atoms with van der Waals surface area (Å²) in [5.74, 6) is 2.43. The number of ether oxygens (including phenoxy) is 2. The average molecular weight is 357 g/mol. The summed E-state index contributed by atoms with van der Waals surface area (Å²) in [7, 11) is 3.11. The van der Waals surface area contributed by atoms with Gasteiger partial charge in [-0.1, -0.05) is 0 Å². The van der Waals surface area contributed by atoms with Crippen molar-refractivity contribution in [2.45, 2.75) is 19.3 Å². The SMILES string of the molecule is COc1ccc(NC(=O)Nc2cc(N3CCCCC3)ncn2)cc1OC. The fourth-order valence-corrected chi connectivity index (χ4v) is 2.90. The van der Waals surface area contributed by atoms with E-state index in [0.29, 0.717) is 23.0 Å². The minimum Gasteiger partial charge on any atom is -0.493 e. The molecule has 8 nitrogen and oxygen atoms in total. The number of carbonyl (C=O) groups is 1. The zero-order valence-electron chi connectivity index (χ0n) is 15.0. The molecule has 138 valence electrons. The number of amides is 2. The van der Waals surface area contributed by atoms with Crippen molar-refractivity contribution < 1.29 is 14.3 Å². The standard InChI is InChI=1S/C18H23N5O3/c1-25-14-7-6-13(10-15(14)26-2)21-18(24)22-16-11-17(20-12-19-16)23-8-4-3-5-9-23/h6-7,10-12H,3-5,8-9H2,1-2H3,(H2,19,20,21,22,24). The Kier molecular flexibility index (Phi) is 5.73. The molecule has 1 aromatic heterocycles. The van der Waals surface area contributed by atoms with Gasteiger partial charge in [0.05, 0.1) is 14.2 Å². The highest BCUT2D eigenvalue weighted by Crippen LogP contribution is 2.29. The molecule has 0 spiro atoms. The maximum Gasteiger partial charge on any atom is 0.324 e. The van der Waals surface area contributed by atoms with Crippen molar-refractivity contribution in [3.05, 3.63) is 30.6 Å². The third kappa shape index (κ3) is 4.33. The fourth-order valence-electron chi connectivity index (χ4n) is 2.90. The third-order valence-corrected chi connectivity index (χ3v) is 4.22. The highest BCUT2D eigenvalue weighted by atomic mass is 16.5. The number of anilines is 3. The van der Waals surface area contributed by atoms with Gasteiger partial charge in [-0.3, -0.25) is 5.32 Å². The quantitative estimate of drug-likeness (QED) is 0.855. The number of carbonyl (C=O) groups excluding carboxylic acids is 1. The number of nitrogens with zero attached hydrogens (tertiary/aromatic N) is 3. The van der Waals surface area contributed by atoms with Crippen LogP contribution < -0.4 is 25.0 Å². The molecule has 1 fully saturated rings. The first kappa shape index (κ1) is 17.8. The number of nitrogens with one attached hydrogen (secondary N) is 2. The Bertz CT molecular complexity index is 762. The van der Waals surface area contributed by atoms with Gasteiger partial charge in [0.2, 0.25) is 0 Å². The largest absolute Gasteiger partial charge is 0.493 e. The number of urea groups is 1. The molecule has 1 aromatic carbocycles. The van der Waals surface area contributed by atoms with Gasteiger partial charge in [-0.15, -0.1) is 0 Å². The van der Waals surface area contributed by atoms with E-state index in [9.17, 15) is 4.79 Å². The van der Waals surface area contributed by atoms with Crippen LogP contribution in [0.2, 0.25) is 0 Å². The van der Waals surface area contributed by atoms with Gasteiger partial charge in [-0.25, -0.2) is 14.8 Å². The van der Waals surface area contributed by atoms with Crippen molar-refractivity contribution in [2.24, 2.45) is 0 Å². The highest BCUT2D eigenvalue weighted by Gasteiger charge is 2.14. The molecule has 0 bridgehead atoms. The molecule has 8 heteroatoms. The molecule has 0 unspecified atom stereocenters. The average Bonchev–Trinajstić information content (AvgIpc) is 2.68. The van der Waals surface area contributed by atoms with Gasteiger partial charge in [-0.05, 0) is 31.4 Å². The van der Waals surface area contributed by atoms with E-state index in [0.717, 1.165) is 31.7 Å². The number of rotatable bonds is 5. The Hall–Kier alpha value is -3.03. The third-order valence-electron chi connectivity index (χ3n) is 4.22. The molecule has 2 N–H and O–H groups in total. The number of piperidine rings is 1. The minimum absolute atomic E-state index is 0.388.